The lowest BCUT2D eigenvalue weighted by Crippen LogP contribution is -2.26. The number of nitrogens with one attached hydrogen (secondary N) is 1. The average Bonchev–Trinajstić information content (AvgIpc) is 3.19. The van der Waals surface area contributed by atoms with Gasteiger partial charge >= 0.3 is 0 Å². The molecule has 2 heteroatoms. The zero-order chi connectivity index (χ0) is 13.8. The molecule has 0 bridgehead atoms. The SMILES string of the molecule is CC(C)Oc1ccccc1C(C)C(C)CNC1CC1. The van der Waals surface area contributed by atoms with E-state index >= 15 is 0 Å². The number of rotatable bonds is 7. The molecule has 2 atom stereocenters. The van der Waals surface area contributed by atoms with Crippen LogP contribution in [0.5, 0.6) is 5.75 Å². The van der Waals surface area contributed by atoms with Gasteiger partial charge in [0.25, 0.3) is 0 Å². The van der Waals surface area contributed by atoms with Crippen LogP contribution in [0, 0.1) is 5.92 Å². The number of benzene rings is 1. The minimum Gasteiger partial charge on any atom is -0.491 e. The van der Waals surface area contributed by atoms with Crippen LogP contribution in [0.25, 0.3) is 0 Å². The fourth-order valence-corrected chi connectivity index (χ4v) is 2.34. The van der Waals surface area contributed by atoms with Gasteiger partial charge in [-0.2, -0.15) is 0 Å². The fourth-order valence-electron chi connectivity index (χ4n) is 2.34. The zero-order valence-electron chi connectivity index (χ0n) is 12.6. The second-order valence-corrected chi connectivity index (χ2v) is 6.15. The molecule has 0 spiro atoms. The lowest BCUT2D eigenvalue weighted by Gasteiger charge is -2.24. The standard InChI is InChI=1S/C17H27NO/c1-12(2)19-17-8-6-5-7-16(17)14(4)13(3)11-18-15-9-10-15/h5-8,12-15,18H,9-11H2,1-4H3. The molecular formula is C17H27NO. The van der Waals surface area contributed by atoms with Crippen molar-refractivity contribution in [2.75, 3.05) is 6.54 Å². The van der Waals surface area contributed by atoms with E-state index in [4.69, 9.17) is 4.74 Å². The number of hydrogen-bond donors (Lipinski definition) is 1. The molecule has 19 heavy (non-hydrogen) atoms. The van der Waals surface area contributed by atoms with E-state index in [1.807, 2.05) is 0 Å². The van der Waals surface area contributed by atoms with Crippen molar-refractivity contribution in [3.8, 4) is 5.75 Å². The first-order valence-electron chi connectivity index (χ1n) is 7.57. The summed E-state index contributed by atoms with van der Waals surface area (Å²) in [5.74, 6) is 2.18. The summed E-state index contributed by atoms with van der Waals surface area (Å²) in [6, 6.07) is 9.25. The Hall–Kier alpha value is -1.02. The Kier molecular flexibility index (Phi) is 4.87. The molecule has 1 fully saturated rings. The predicted molar refractivity (Wildman–Crippen MR) is 80.8 cm³/mol. The molecule has 2 unspecified atom stereocenters. The van der Waals surface area contributed by atoms with E-state index in [-0.39, 0.29) is 6.10 Å². The van der Waals surface area contributed by atoms with Gasteiger partial charge in [-0.25, -0.2) is 0 Å². The van der Waals surface area contributed by atoms with Crippen LogP contribution in [0.2, 0.25) is 0 Å². The summed E-state index contributed by atoms with van der Waals surface area (Å²) in [6.45, 7) is 9.90. The van der Waals surface area contributed by atoms with Crippen LogP contribution in [0.3, 0.4) is 0 Å². The molecule has 0 aromatic heterocycles. The highest BCUT2D eigenvalue weighted by Crippen LogP contribution is 2.32. The van der Waals surface area contributed by atoms with E-state index in [1.54, 1.807) is 0 Å². The van der Waals surface area contributed by atoms with Crippen molar-refractivity contribution in [2.24, 2.45) is 5.92 Å². The highest BCUT2D eigenvalue weighted by molar-refractivity contribution is 5.36. The lowest BCUT2D eigenvalue weighted by atomic mass is 9.88. The second-order valence-electron chi connectivity index (χ2n) is 6.15. The van der Waals surface area contributed by atoms with Gasteiger partial charge in [-0.1, -0.05) is 32.0 Å². The minimum absolute atomic E-state index is 0.230. The Morgan fingerprint density at radius 1 is 1.16 bits per heavy atom. The van der Waals surface area contributed by atoms with Gasteiger partial charge in [0.15, 0.2) is 0 Å². The maximum Gasteiger partial charge on any atom is 0.123 e. The molecule has 2 rings (SSSR count). The normalized spacial score (nSPS) is 18.4. The van der Waals surface area contributed by atoms with Crippen LogP contribution in [0.1, 0.15) is 52.0 Å². The molecule has 1 N–H and O–H groups in total. The van der Waals surface area contributed by atoms with Gasteiger partial charge in [0, 0.05) is 6.04 Å². The molecule has 2 nitrogen and oxygen atoms in total. The van der Waals surface area contributed by atoms with Crippen molar-refractivity contribution < 1.29 is 4.74 Å². The molecule has 1 aliphatic rings. The monoisotopic (exact) mass is 261 g/mol. The number of para-hydroxylation sites is 1. The quantitative estimate of drug-likeness (QED) is 0.802. The van der Waals surface area contributed by atoms with Crippen LogP contribution >= 0.6 is 0 Å². The van der Waals surface area contributed by atoms with Crippen LogP contribution in [0.4, 0.5) is 0 Å². The third-order valence-corrected chi connectivity index (χ3v) is 3.93. The first-order valence-corrected chi connectivity index (χ1v) is 7.57. The van der Waals surface area contributed by atoms with Crippen LogP contribution in [0.15, 0.2) is 24.3 Å². The molecule has 1 aromatic carbocycles. The highest BCUT2D eigenvalue weighted by Gasteiger charge is 2.23. The Labute approximate surface area is 117 Å². The van der Waals surface area contributed by atoms with E-state index < -0.39 is 0 Å². The van der Waals surface area contributed by atoms with Crippen LogP contribution in [-0.2, 0) is 0 Å². The van der Waals surface area contributed by atoms with Crippen LogP contribution < -0.4 is 10.1 Å². The largest absolute Gasteiger partial charge is 0.491 e. The summed E-state index contributed by atoms with van der Waals surface area (Å²) in [6.07, 6.45) is 2.94. The molecule has 106 valence electrons. The summed E-state index contributed by atoms with van der Waals surface area (Å²) in [5.41, 5.74) is 1.33. The van der Waals surface area contributed by atoms with E-state index in [2.05, 4.69) is 57.3 Å². The van der Waals surface area contributed by atoms with Gasteiger partial charge < -0.3 is 10.1 Å². The topological polar surface area (TPSA) is 21.3 Å². The van der Waals surface area contributed by atoms with E-state index in [9.17, 15) is 0 Å². The molecule has 0 saturated heterocycles. The van der Waals surface area contributed by atoms with E-state index in [1.165, 1.54) is 18.4 Å². The van der Waals surface area contributed by atoms with Gasteiger partial charge in [-0.3, -0.25) is 0 Å². The van der Waals surface area contributed by atoms with Crippen molar-refractivity contribution in [1.29, 1.82) is 0 Å². The lowest BCUT2D eigenvalue weighted by molar-refractivity contribution is 0.237. The molecular weight excluding hydrogens is 234 g/mol. The molecule has 1 aromatic rings. The van der Waals surface area contributed by atoms with Gasteiger partial charge in [0.1, 0.15) is 5.75 Å². The summed E-state index contributed by atoms with van der Waals surface area (Å²) in [7, 11) is 0. The van der Waals surface area contributed by atoms with Gasteiger partial charge in [0.05, 0.1) is 6.10 Å². The minimum atomic E-state index is 0.230. The molecule has 0 aliphatic heterocycles. The van der Waals surface area contributed by atoms with Gasteiger partial charge in [-0.05, 0) is 56.7 Å². The number of hydrogen-bond acceptors (Lipinski definition) is 2. The van der Waals surface area contributed by atoms with Crippen molar-refractivity contribution in [1.82, 2.24) is 5.32 Å². The summed E-state index contributed by atoms with van der Waals surface area (Å²) in [4.78, 5) is 0. The Balaban J connectivity index is 2.01. The Morgan fingerprint density at radius 2 is 1.84 bits per heavy atom. The van der Waals surface area contributed by atoms with E-state index in [0.717, 1.165) is 18.3 Å². The predicted octanol–water partition coefficient (Wildman–Crippen LogP) is 3.97. The molecule has 0 amide bonds. The third-order valence-electron chi connectivity index (χ3n) is 3.93. The maximum atomic E-state index is 5.93. The van der Waals surface area contributed by atoms with Crippen molar-refractivity contribution in [2.45, 2.75) is 58.6 Å². The van der Waals surface area contributed by atoms with Crippen molar-refractivity contribution in [3.63, 3.8) is 0 Å². The van der Waals surface area contributed by atoms with Gasteiger partial charge in [0.2, 0.25) is 0 Å². The zero-order valence-corrected chi connectivity index (χ0v) is 12.6. The molecule has 1 saturated carbocycles. The van der Waals surface area contributed by atoms with E-state index in [0.29, 0.717) is 11.8 Å². The molecule has 0 heterocycles. The number of ether oxygens (including phenoxy) is 1. The summed E-state index contributed by atoms with van der Waals surface area (Å²) >= 11 is 0. The van der Waals surface area contributed by atoms with Crippen LogP contribution in [-0.4, -0.2) is 18.7 Å². The summed E-state index contributed by atoms with van der Waals surface area (Å²) < 4.78 is 5.93. The molecule has 0 radical (unpaired) electrons. The van der Waals surface area contributed by atoms with Crippen molar-refractivity contribution >= 4 is 0 Å². The Bertz CT molecular complexity index is 398. The van der Waals surface area contributed by atoms with Gasteiger partial charge in [-0.15, -0.1) is 0 Å². The highest BCUT2D eigenvalue weighted by atomic mass is 16.5. The maximum absolute atomic E-state index is 5.93. The summed E-state index contributed by atoms with van der Waals surface area (Å²) in [5, 5.41) is 3.63. The molecule has 1 aliphatic carbocycles. The Morgan fingerprint density at radius 3 is 2.47 bits per heavy atom. The third kappa shape index (κ3) is 4.24. The first kappa shape index (κ1) is 14.4. The average molecular weight is 261 g/mol. The first-order chi connectivity index (χ1) is 9.08. The smallest absolute Gasteiger partial charge is 0.123 e. The van der Waals surface area contributed by atoms with Crippen molar-refractivity contribution in [3.05, 3.63) is 29.8 Å². The second kappa shape index (κ2) is 6.42. The fraction of sp³-hybridized carbons (Fsp3) is 0.647.